The molecule has 4 aromatic rings. The van der Waals surface area contributed by atoms with E-state index in [1.54, 1.807) is 20.8 Å². The van der Waals surface area contributed by atoms with Crippen LogP contribution in [-0.4, -0.2) is 63.3 Å². The fraction of sp³-hybridized carbons (Fsp3) is 0.286. The lowest BCUT2D eigenvalue weighted by molar-refractivity contribution is 0.0766. The second kappa shape index (κ2) is 15.5. The highest BCUT2D eigenvalue weighted by atomic mass is 32.2. The van der Waals surface area contributed by atoms with Crippen LogP contribution in [0.5, 0.6) is 17.2 Å². The predicted molar refractivity (Wildman–Crippen MR) is 196 cm³/mol. The van der Waals surface area contributed by atoms with Gasteiger partial charge in [-0.1, -0.05) is 52.0 Å². The van der Waals surface area contributed by atoms with Crippen LogP contribution < -0.4 is 9.47 Å². The van der Waals surface area contributed by atoms with Gasteiger partial charge < -0.3 is 9.47 Å². The molecule has 0 saturated carbocycles. The van der Waals surface area contributed by atoms with Gasteiger partial charge in [0.2, 0.25) is 0 Å². The molecule has 0 bridgehead atoms. The molecular formula is C35H38O15S4. The van der Waals surface area contributed by atoms with Gasteiger partial charge in [0, 0.05) is 11.1 Å². The predicted octanol–water partition coefficient (Wildman–Crippen LogP) is 6.83. The molecule has 1 atom stereocenters. The summed E-state index contributed by atoms with van der Waals surface area (Å²) in [5.41, 5.74) is -1.11. The van der Waals surface area contributed by atoms with Crippen molar-refractivity contribution in [3.8, 4) is 28.4 Å². The van der Waals surface area contributed by atoms with Gasteiger partial charge in [-0.15, -0.1) is 0 Å². The monoisotopic (exact) mass is 826 g/mol. The molecule has 1 unspecified atom stereocenters. The van der Waals surface area contributed by atoms with Crippen molar-refractivity contribution in [1.29, 1.82) is 0 Å². The molecule has 4 rings (SSSR count). The van der Waals surface area contributed by atoms with Crippen molar-refractivity contribution in [1.82, 2.24) is 0 Å². The zero-order valence-electron chi connectivity index (χ0n) is 29.5. The van der Waals surface area contributed by atoms with Crippen LogP contribution in [0.4, 0.5) is 0 Å². The van der Waals surface area contributed by atoms with Crippen molar-refractivity contribution in [3.05, 3.63) is 89.5 Å². The van der Waals surface area contributed by atoms with Crippen LogP contribution in [0.15, 0.2) is 92.4 Å². The van der Waals surface area contributed by atoms with Crippen LogP contribution in [0, 0.1) is 0 Å². The largest absolute Gasteiger partial charge is 0.486 e. The maximum atomic E-state index is 13.4. The van der Waals surface area contributed by atoms with Crippen LogP contribution in [0.1, 0.15) is 81.3 Å². The summed E-state index contributed by atoms with van der Waals surface area (Å²) < 4.78 is 150. The van der Waals surface area contributed by atoms with Crippen molar-refractivity contribution >= 4 is 46.3 Å². The van der Waals surface area contributed by atoms with Crippen molar-refractivity contribution in [2.75, 3.05) is 0 Å². The number of ether oxygens (including phenoxy) is 2. The van der Waals surface area contributed by atoms with E-state index in [1.165, 1.54) is 30.3 Å². The fourth-order valence-electron chi connectivity index (χ4n) is 5.35. The normalized spacial score (nSPS) is 13.4. The minimum Gasteiger partial charge on any atom is -0.486 e. The van der Waals surface area contributed by atoms with E-state index in [-0.39, 0.29) is 39.5 Å². The lowest BCUT2D eigenvalue weighted by Gasteiger charge is -2.29. The number of ketones is 1. The van der Waals surface area contributed by atoms with Crippen molar-refractivity contribution in [2.24, 2.45) is 0 Å². The molecule has 0 spiro atoms. The molecule has 19 heteroatoms. The maximum Gasteiger partial charge on any atom is 0.298 e. The molecule has 292 valence electrons. The summed E-state index contributed by atoms with van der Waals surface area (Å²) in [4.78, 5) is 10.4. The number of benzene rings is 4. The average Bonchev–Trinajstić information content (AvgIpc) is 3.09. The Bertz CT molecular complexity index is 2560. The second-order valence-electron chi connectivity index (χ2n) is 12.6. The highest BCUT2D eigenvalue weighted by Gasteiger charge is 2.29. The third-order valence-electron chi connectivity index (χ3n) is 9.03. The molecule has 0 radical (unpaired) electrons. The van der Waals surface area contributed by atoms with E-state index in [0.29, 0.717) is 25.3 Å². The van der Waals surface area contributed by atoms with E-state index in [0.717, 1.165) is 36.4 Å². The molecule has 54 heavy (non-hydrogen) atoms. The molecule has 0 aliphatic carbocycles. The second-order valence-corrected chi connectivity index (χ2v) is 18.2. The topological polar surface area (TPSA) is 253 Å². The molecule has 0 aromatic heterocycles. The summed E-state index contributed by atoms with van der Waals surface area (Å²) >= 11 is 0. The summed E-state index contributed by atoms with van der Waals surface area (Å²) in [5.74, 6) is -2.73. The van der Waals surface area contributed by atoms with E-state index < -0.39 is 82.9 Å². The van der Waals surface area contributed by atoms with Gasteiger partial charge in [0.1, 0.15) is 37.5 Å². The van der Waals surface area contributed by atoms with Crippen LogP contribution in [0.2, 0.25) is 0 Å². The number of hydrogen-bond donors (Lipinski definition) is 4. The van der Waals surface area contributed by atoms with Crippen LogP contribution in [0.25, 0.3) is 11.1 Å². The molecule has 0 aliphatic rings. The van der Waals surface area contributed by atoms with Crippen molar-refractivity contribution < 1.29 is 66.2 Å². The van der Waals surface area contributed by atoms with Gasteiger partial charge in [-0.05, 0) is 97.3 Å². The Morgan fingerprint density at radius 2 is 0.981 bits per heavy atom. The van der Waals surface area contributed by atoms with E-state index in [9.17, 15) is 56.7 Å². The van der Waals surface area contributed by atoms with Gasteiger partial charge >= 0.3 is 0 Å². The Kier molecular flexibility index (Phi) is 12.2. The highest BCUT2D eigenvalue weighted by molar-refractivity contribution is 7.86. The van der Waals surface area contributed by atoms with Gasteiger partial charge in [0.05, 0.1) is 4.90 Å². The molecule has 0 saturated heterocycles. The van der Waals surface area contributed by atoms with Crippen molar-refractivity contribution in [3.63, 3.8) is 0 Å². The first-order valence-corrected chi connectivity index (χ1v) is 22.0. The lowest BCUT2D eigenvalue weighted by Crippen LogP contribution is -2.31. The minimum atomic E-state index is -5.20. The van der Waals surface area contributed by atoms with Gasteiger partial charge in [0.15, 0.2) is 5.78 Å². The van der Waals surface area contributed by atoms with E-state index >= 15 is 0 Å². The maximum absolute atomic E-state index is 13.4. The Balaban J connectivity index is 1.80. The standard InChI is InChI=1S/C35H38O15S4/c1-6-21(4)26-13-9-24(19-30(26)51(37,38)39)34(36)25-12-15-28(32(20-25)53(43,44)45)49-27-14-10-22(17-31(27)52(40,41)42)23-11-16-29(33(18-23)54(46,47)48)50-35(5,7-2)8-3/h9-21H,6-8H2,1-5H3,(H,37,38,39)(H,40,41,42)(H,43,44,45)(H,46,47,48). The first-order valence-electron chi connectivity index (χ1n) is 16.2. The molecule has 0 aliphatic heterocycles. The van der Waals surface area contributed by atoms with Gasteiger partial charge in [-0.2, -0.15) is 33.7 Å². The minimum absolute atomic E-state index is 0.000250. The van der Waals surface area contributed by atoms with Gasteiger partial charge in [0.25, 0.3) is 40.5 Å². The average molecular weight is 827 g/mol. The summed E-state index contributed by atoms with van der Waals surface area (Å²) in [5, 5.41) is 0. The Morgan fingerprint density at radius 1 is 0.593 bits per heavy atom. The molecule has 15 nitrogen and oxygen atoms in total. The Labute approximate surface area is 314 Å². The van der Waals surface area contributed by atoms with E-state index in [1.807, 2.05) is 13.8 Å². The summed E-state index contributed by atoms with van der Waals surface area (Å²) in [6, 6.07) is 13.0. The molecule has 0 heterocycles. The number of carbonyl (C=O) groups excluding carboxylic acids is 1. The Morgan fingerprint density at radius 3 is 1.43 bits per heavy atom. The van der Waals surface area contributed by atoms with Crippen molar-refractivity contribution in [2.45, 2.75) is 85.0 Å². The highest BCUT2D eigenvalue weighted by Crippen LogP contribution is 2.39. The van der Waals surface area contributed by atoms with Crippen LogP contribution >= 0.6 is 0 Å². The number of rotatable bonds is 15. The molecule has 4 aromatic carbocycles. The first kappa shape index (κ1) is 42.5. The molecule has 4 N–H and O–H groups in total. The first-order chi connectivity index (χ1) is 24.8. The molecular weight excluding hydrogens is 789 g/mol. The smallest absolute Gasteiger partial charge is 0.298 e. The van der Waals surface area contributed by atoms with E-state index in [2.05, 4.69) is 0 Å². The Hall–Kier alpha value is -4.21. The third kappa shape index (κ3) is 9.53. The summed E-state index contributed by atoms with van der Waals surface area (Å²) in [7, 11) is -20.0. The van der Waals surface area contributed by atoms with Crippen LogP contribution in [0.3, 0.4) is 0 Å². The van der Waals surface area contributed by atoms with Gasteiger partial charge in [-0.25, -0.2) is 0 Å². The van der Waals surface area contributed by atoms with E-state index in [4.69, 9.17) is 9.47 Å². The zero-order valence-corrected chi connectivity index (χ0v) is 32.8. The van der Waals surface area contributed by atoms with Crippen LogP contribution in [-0.2, 0) is 40.5 Å². The SMILES string of the molecule is CCC(C)c1ccc(C(=O)c2ccc(Oc3ccc(-c4ccc(OC(C)(CC)CC)c(S(=O)(=O)O)c4)cc3S(=O)(=O)O)c(S(=O)(=O)O)c2)cc1S(=O)(=O)O. The quantitative estimate of drug-likeness (QED) is 0.0707. The molecule has 0 fully saturated rings. The zero-order chi connectivity index (χ0) is 40.6. The number of hydrogen-bond acceptors (Lipinski definition) is 11. The van der Waals surface area contributed by atoms with Gasteiger partial charge in [-0.3, -0.25) is 23.0 Å². The summed E-state index contributed by atoms with van der Waals surface area (Å²) in [6.45, 7) is 8.91. The number of carbonyl (C=O) groups is 1. The molecule has 0 amide bonds. The third-order valence-corrected chi connectivity index (χ3v) is 12.6. The lowest BCUT2D eigenvalue weighted by atomic mass is 9.95. The fourth-order valence-corrected chi connectivity index (χ4v) is 8.12. The summed E-state index contributed by atoms with van der Waals surface area (Å²) in [6.07, 6.45) is 1.50.